The monoisotopic (exact) mass is 461 g/mol. The van der Waals surface area contributed by atoms with Gasteiger partial charge in [-0.3, -0.25) is 25.2 Å². The predicted octanol–water partition coefficient (Wildman–Crippen LogP) is 3.64. The van der Waals surface area contributed by atoms with Gasteiger partial charge in [-0.1, -0.05) is 17.7 Å². The van der Waals surface area contributed by atoms with Crippen molar-refractivity contribution in [2.24, 2.45) is 0 Å². The molecular formula is C21H24BrN3O4. The average Bonchev–Trinajstić information content (AvgIpc) is 2.68. The number of ether oxygens (including phenoxy) is 1. The van der Waals surface area contributed by atoms with Gasteiger partial charge in [0.25, 0.3) is 5.91 Å². The minimum Gasteiger partial charge on any atom is -0.493 e. The number of carbonyl (C=O) groups excluding carboxylic acids is 3. The summed E-state index contributed by atoms with van der Waals surface area (Å²) in [6, 6.07) is 10.6. The molecule has 7 nitrogen and oxygen atoms in total. The lowest BCUT2D eigenvalue weighted by Crippen LogP contribution is -2.41. The van der Waals surface area contributed by atoms with Crippen LogP contribution >= 0.6 is 15.9 Å². The van der Waals surface area contributed by atoms with Crippen LogP contribution in [0.25, 0.3) is 0 Å². The van der Waals surface area contributed by atoms with Gasteiger partial charge in [-0.05, 0) is 66.5 Å². The van der Waals surface area contributed by atoms with Crippen molar-refractivity contribution in [2.75, 3.05) is 11.9 Å². The quantitative estimate of drug-likeness (QED) is 0.548. The number of hydrazine groups is 1. The van der Waals surface area contributed by atoms with Gasteiger partial charge in [0.15, 0.2) is 0 Å². The summed E-state index contributed by atoms with van der Waals surface area (Å²) < 4.78 is 6.03. The van der Waals surface area contributed by atoms with E-state index in [4.69, 9.17) is 4.74 Å². The SMILES string of the molecule is CCOc1ccc(C(=O)NNC(=O)CCC(=O)Nc2ccc(C)cc2C)cc1Br. The predicted molar refractivity (Wildman–Crippen MR) is 115 cm³/mol. The standard InChI is InChI=1S/C21H24BrN3O4/c1-4-29-18-8-6-15(12-16(18)22)21(28)25-24-20(27)10-9-19(26)23-17-7-5-13(2)11-14(17)3/h5-8,11-12H,4,9-10H2,1-3H3,(H,23,26)(H,24,27)(H,25,28). The van der Waals surface area contributed by atoms with E-state index in [-0.39, 0.29) is 18.7 Å². The molecule has 2 aromatic rings. The fourth-order valence-corrected chi connectivity index (χ4v) is 3.06. The first-order valence-electron chi connectivity index (χ1n) is 9.18. The molecule has 3 amide bonds. The molecule has 29 heavy (non-hydrogen) atoms. The molecule has 2 aromatic carbocycles. The zero-order valence-corrected chi connectivity index (χ0v) is 18.2. The Morgan fingerprint density at radius 1 is 0.966 bits per heavy atom. The van der Waals surface area contributed by atoms with Crippen molar-refractivity contribution in [2.45, 2.75) is 33.6 Å². The lowest BCUT2D eigenvalue weighted by atomic mass is 10.1. The number of halogens is 1. The third kappa shape index (κ3) is 6.90. The van der Waals surface area contributed by atoms with E-state index in [9.17, 15) is 14.4 Å². The van der Waals surface area contributed by atoms with Crippen LogP contribution in [-0.4, -0.2) is 24.3 Å². The molecule has 0 aromatic heterocycles. The molecule has 0 saturated heterocycles. The number of nitrogens with one attached hydrogen (secondary N) is 3. The van der Waals surface area contributed by atoms with Crippen molar-refractivity contribution in [3.8, 4) is 5.75 Å². The second-order valence-corrected chi connectivity index (χ2v) is 7.30. The summed E-state index contributed by atoms with van der Waals surface area (Å²) in [6.45, 7) is 6.26. The van der Waals surface area contributed by atoms with Crippen molar-refractivity contribution in [3.05, 3.63) is 57.6 Å². The second-order valence-electron chi connectivity index (χ2n) is 6.45. The van der Waals surface area contributed by atoms with Crippen LogP contribution in [0.2, 0.25) is 0 Å². The van der Waals surface area contributed by atoms with Gasteiger partial charge < -0.3 is 10.1 Å². The third-order valence-corrected chi connectivity index (χ3v) is 4.66. The van der Waals surface area contributed by atoms with Gasteiger partial charge in [-0.2, -0.15) is 0 Å². The Kier molecular flexibility index (Phi) is 8.21. The van der Waals surface area contributed by atoms with Crippen LogP contribution in [0.15, 0.2) is 40.9 Å². The molecule has 8 heteroatoms. The maximum atomic E-state index is 12.1. The highest BCUT2D eigenvalue weighted by molar-refractivity contribution is 9.10. The first-order valence-corrected chi connectivity index (χ1v) is 9.98. The summed E-state index contributed by atoms with van der Waals surface area (Å²) in [5.74, 6) is -0.572. The van der Waals surface area contributed by atoms with E-state index >= 15 is 0 Å². The van der Waals surface area contributed by atoms with Gasteiger partial charge in [0, 0.05) is 24.1 Å². The summed E-state index contributed by atoms with van der Waals surface area (Å²) in [7, 11) is 0. The number of aryl methyl sites for hydroxylation is 2. The third-order valence-electron chi connectivity index (χ3n) is 4.04. The van der Waals surface area contributed by atoms with Crippen LogP contribution in [0.3, 0.4) is 0 Å². The highest BCUT2D eigenvalue weighted by atomic mass is 79.9. The highest BCUT2D eigenvalue weighted by Gasteiger charge is 2.12. The van der Waals surface area contributed by atoms with E-state index in [1.54, 1.807) is 18.2 Å². The Morgan fingerprint density at radius 3 is 2.34 bits per heavy atom. The molecule has 0 atom stereocenters. The van der Waals surface area contributed by atoms with Gasteiger partial charge in [0.1, 0.15) is 5.75 Å². The Bertz CT molecular complexity index is 915. The first-order chi connectivity index (χ1) is 13.8. The number of benzene rings is 2. The van der Waals surface area contributed by atoms with Crippen molar-refractivity contribution < 1.29 is 19.1 Å². The molecule has 2 rings (SSSR count). The van der Waals surface area contributed by atoms with E-state index in [2.05, 4.69) is 32.1 Å². The van der Waals surface area contributed by atoms with Crippen molar-refractivity contribution >= 4 is 39.3 Å². The van der Waals surface area contributed by atoms with Gasteiger partial charge in [0.2, 0.25) is 11.8 Å². The highest BCUT2D eigenvalue weighted by Crippen LogP contribution is 2.25. The van der Waals surface area contributed by atoms with Crippen LogP contribution < -0.4 is 20.9 Å². The number of hydrogen-bond donors (Lipinski definition) is 3. The average molecular weight is 462 g/mol. The van der Waals surface area contributed by atoms with Crippen LogP contribution in [0.1, 0.15) is 41.3 Å². The Morgan fingerprint density at radius 2 is 1.69 bits per heavy atom. The fourth-order valence-electron chi connectivity index (χ4n) is 2.57. The van der Waals surface area contributed by atoms with E-state index in [0.29, 0.717) is 22.4 Å². The molecule has 0 unspecified atom stereocenters. The fraction of sp³-hybridized carbons (Fsp3) is 0.286. The summed E-state index contributed by atoms with van der Waals surface area (Å²) in [6.07, 6.45) is -0.0480. The largest absolute Gasteiger partial charge is 0.493 e. The molecule has 0 aliphatic rings. The zero-order valence-electron chi connectivity index (χ0n) is 16.6. The molecular weight excluding hydrogens is 438 g/mol. The van der Waals surface area contributed by atoms with Gasteiger partial charge in [-0.15, -0.1) is 0 Å². The van der Waals surface area contributed by atoms with E-state index in [0.717, 1.165) is 16.8 Å². The van der Waals surface area contributed by atoms with E-state index < -0.39 is 11.8 Å². The molecule has 0 aliphatic heterocycles. The van der Waals surface area contributed by atoms with Gasteiger partial charge >= 0.3 is 0 Å². The van der Waals surface area contributed by atoms with Gasteiger partial charge in [0.05, 0.1) is 11.1 Å². The maximum Gasteiger partial charge on any atom is 0.269 e. The van der Waals surface area contributed by atoms with Crippen molar-refractivity contribution in [3.63, 3.8) is 0 Å². The van der Waals surface area contributed by atoms with Crippen LogP contribution in [0, 0.1) is 13.8 Å². The molecule has 0 spiro atoms. The summed E-state index contributed by atoms with van der Waals surface area (Å²) in [4.78, 5) is 36.1. The molecule has 0 bridgehead atoms. The lowest BCUT2D eigenvalue weighted by molar-refractivity contribution is -0.124. The minimum absolute atomic E-state index is 0.00359. The Labute approximate surface area is 178 Å². The lowest BCUT2D eigenvalue weighted by Gasteiger charge is -2.11. The second kappa shape index (κ2) is 10.6. The maximum absolute atomic E-state index is 12.1. The summed E-state index contributed by atoms with van der Waals surface area (Å²) in [5.41, 5.74) is 7.78. The normalized spacial score (nSPS) is 10.2. The van der Waals surface area contributed by atoms with E-state index in [1.165, 1.54) is 0 Å². The van der Waals surface area contributed by atoms with Crippen LogP contribution in [0.5, 0.6) is 5.75 Å². The van der Waals surface area contributed by atoms with Crippen molar-refractivity contribution in [1.82, 2.24) is 10.9 Å². The number of anilines is 1. The smallest absolute Gasteiger partial charge is 0.269 e. The number of amides is 3. The molecule has 3 N–H and O–H groups in total. The Hall–Kier alpha value is -2.87. The van der Waals surface area contributed by atoms with Gasteiger partial charge in [-0.25, -0.2) is 0 Å². The molecule has 0 saturated carbocycles. The zero-order chi connectivity index (χ0) is 21.4. The number of hydrogen-bond acceptors (Lipinski definition) is 4. The molecule has 0 radical (unpaired) electrons. The number of rotatable bonds is 7. The Balaban J connectivity index is 1.78. The minimum atomic E-state index is -0.471. The van der Waals surface area contributed by atoms with E-state index in [1.807, 2.05) is 39.0 Å². The van der Waals surface area contributed by atoms with Crippen LogP contribution in [0.4, 0.5) is 5.69 Å². The molecule has 0 aliphatic carbocycles. The van der Waals surface area contributed by atoms with Crippen molar-refractivity contribution in [1.29, 1.82) is 0 Å². The summed E-state index contributed by atoms with van der Waals surface area (Å²) in [5, 5.41) is 2.78. The first kappa shape index (κ1) is 22.4. The number of carbonyl (C=O) groups is 3. The molecule has 0 fully saturated rings. The summed E-state index contributed by atoms with van der Waals surface area (Å²) >= 11 is 3.34. The molecule has 0 heterocycles. The topological polar surface area (TPSA) is 96.5 Å². The molecule has 154 valence electrons. The van der Waals surface area contributed by atoms with Crippen LogP contribution in [-0.2, 0) is 9.59 Å².